The molecule has 21 heavy (non-hydrogen) atoms. The van der Waals surface area contributed by atoms with E-state index >= 15 is 0 Å². The molecule has 1 atom stereocenters. The minimum absolute atomic E-state index is 0.00560. The van der Waals surface area contributed by atoms with Crippen molar-refractivity contribution < 1.29 is 4.79 Å². The van der Waals surface area contributed by atoms with E-state index in [1.165, 1.54) is 0 Å². The lowest BCUT2D eigenvalue weighted by Crippen LogP contribution is -2.33. The molecule has 3 heterocycles. The minimum atomic E-state index is -0.683. The lowest BCUT2D eigenvalue weighted by Gasteiger charge is -2.16. The first-order valence-corrected chi connectivity index (χ1v) is 7.15. The quantitative estimate of drug-likeness (QED) is 0.799. The molecule has 0 spiro atoms. The van der Waals surface area contributed by atoms with Gasteiger partial charge >= 0.3 is 5.69 Å². The smallest absolute Gasteiger partial charge is 0.326 e. The average Bonchev–Trinajstić information content (AvgIpc) is 3.05. The summed E-state index contributed by atoms with van der Waals surface area (Å²) in [4.78, 5) is 40.8. The van der Waals surface area contributed by atoms with Crippen molar-refractivity contribution >= 4 is 21.8 Å². The van der Waals surface area contributed by atoms with E-state index in [1.54, 1.807) is 15.8 Å². The second-order valence-corrected chi connectivity index (χ2v) is 5.75. The van der Waals surface area contributed by atoms with E-state index in [0.29, 0.717) is 13.1 Å². The molecule has 0 radical (unpaired) electrons. The van der Waals surface area contributed by atoms with Crippen molar-refractivity contribution in [3.8, 4) is 0 Å². The van der Waals surface area contributed by atoms with Crippen LogP contribution in [0.2, 0.25) is 0 Å². The summed E-state index contributed by atoms with van der Waals surface area (Å²) in [6.07, 6.45) is 4.32. The Labute approximate surface area is 126 Å². The van der Waals surface area contributed by atoms with Crippen molar-refractivity contribution in [3.63, 3.8) is 0 Å². The molecule has 8 nitrogen and oxygen atoms in total. The monoisotopic (exact) mass is 353 g/mol. The van der Waals surface area contributed by atoms with Gasteiger partial charge in [-0.25, -0.2) is 4.79 Å². The normalized spacial score (nSPS) is 18.1. The Hall–Kier alpha value is -2.16. The number of H-pyrrole nitrogens is 2. The maximum atomic E-state index is 12.3. The molecule has 0 aliphatic carbocycles. The van der Waals surface area contributed by atoms with Gasteiger partial charge in [-0.1, -0.05) is 0 Å². The van der Waals surface area contributed by atoms with Crippen LogP contribution in [-0.2, 0) is 0 Å². The molecule has 0 saturated carbocycles. The fourth-order valence-corrected chi connectivity index (χ4v) is 2.71. The molecule has 1 unspecified atom stereocenters. The molecule has 2 N–H and O–H groups in total. The fraction of sp³-hybridized carbons (Fsp3) is 0.333. The summed E-state index contributed by atoms with van der Waals surface area (Å²) in [5, 5.41) is 4.21. The predicted octanol–water partition coefficient (Wildman–Crippen LogP) is 0.109. The number of carbonyl (C=O) groups is 1. The Morgan fingerprint density at radius 2 is 2.19 bits per heavy atom. The molecule has 0 bridgehead atoms. The zero-order chi connectivity index (χ0) is 15.0. The van der Waals surface area contributed by atoms with Crippen LogP contribution in [-0.4, -0.2) is 43.6 Å². The molecule has 2 aromatic heterocycles. The number of amides is 1. The van der Waals surface area contributed by atoms with Gasteiger partial charge in [0.1, 0.15) is 5.69 Å². The third kappa shape index (κ3) is 2.82. The number of hydrogen-bond acceptors (Lipinski definition) is 4. The topological polar surface area (TPSA) is 104 Å². The van der Waals surface area contributed by atoms with E-state index in [-0.39, 0.29) is 17.6 Å². The number of rotatable bonds is 2. The Morgan fingerprint density at radius 1 is 1.38 bits per heavy atom. The molecular weight excluding hydrogens is 342 g/mol. The van der Waals surface area contributed by atoms with Gasteiger partial charge in [-0.05, 0) is 22.4 Å². The van der Waals surface area contributed by atoms with E-state index in [2.05, 4.69) is 26.0 Å². The first-order valence-electron chi connectivity index (χ1n) is 6.35. The molecule has 1 aliphatic heterocycles. The molecule has 1 fully saturated rings. The van der Waals surface area contributed by atoms with E-state index < -0.39 is 11.2 Å². The van der Waals surface area contributed by atoms with Crippen LogP contribution in [0.1, 0.15) is 23.0 Å². The number of likely N-dealkylation sites (tertiary alicyclic amines) is 1. The van der Waals surface area contributed by atoms with E-state index in [4.69, 9.17) is 0 Å². The van der Waals surface area contributed by atoms with Crippen LogP contribution in [0.15, 0.2) is 32.5 Å². The van der Waals surface area contributed by atoms with Crippen LogP contribution in [0, 0.1) is 0 Å². The molecule has 110 valence electrons. The number of nitrogens with one attached hydrogen (secondary N) is 2. The number of nitrogens with zero attached hydrogens (tertiary/aromatic N) is 3. The Kier molecular flexibility index (Phi) is 3.50. The van der Waals surface area contributed by atoms with Crippen molar-refractivity contribution in [1.82, 2.24) is 24.6 Å². The fourth-order valence-electron chi connectivity index (χ4n) is 2.41. The standard InChI is InChI=1S/C12H12BrN5O3/c13-7-4-14-18(5-7)8-1-2-17(6-8)11(20)9-3-10(19)16-12(21)15-9/h3-5,8H,1-2,6H2,(H2,15,16,19,21). The van der Waals surface area contributed by atoms with Crippen LogP contribution in [0.4, 0.5) is 0 Å². The molecular formula is C12H12BrN5O3. The Morgan fingerprint density at radius 3 is 2.86 bits per heavy atom. The van der Waals surface area contributed by atoms with Crippen LogP contribution >= 0.6 is 15.9 Å². The predicted molar refractivity (Wildman–Crippen MR) is 77.2 cm³/mol. The maximum absolute atomic E-state index is 12.3. The summed E-state index contributed by atoms with van der Waals surface area (Å²) >= 11 is 3.33. The molecule has 1 saturated heterocycles. The van der Waals surface area contributed by atoms with Gasteiger partial charge in [0.2, 0.25) is 0 Å². The van der Waals surface area contributed by atoms with Gasteiger partial charge in [0.25, 0.3) is 11.5 Å². The molecule has 3 rings (SSSR count). The number of carbonyl (C=O) groups excluding carboxylic acids is 1. The third-order valence-corrected chi connectivity index (χ3v) is 3.79. The van der Waals surface area contributed by atoms with Gasteiger partial charge < -0.3 is 9.88 Å². The van der Waals surface area contributed by atoms with Crippen LogP contribution in [0.5, 0.6) is 0 Å². The second kappa shape index (κ2) is 5.32. The Bertz CT molecular complexity index is 764. The van der Waals surface area contributed by atoms with E-state index in [1.807, 2.05) is 11.2 Å². The molecule has 0 aromatic carbocycles. The van der Waals surface area contributed by atoms with Crippen molar-refractivity contribution in [2.75, 3.05) is 13.1 Å². The van der Waals surface area contributed by atoms with Gasteiger partial charge in [0.15, 0.2) is 0 Å². The Balaban J connectivity index is 1.78. The second-order valence-electron chi connectivity index (χ2n) is 4.83. The van der Waals surface area contributed by atoms with Crippen molar-refractivity contribution in [2.45, 2.75) is 12.5 Å². The van der Waals surface area contributed by atoms with Crippen LogP contribution < -0.4 is 11.2 Å². The highest BCUT2D eigenvalue weighted by Gasteiger charge is 2.29. The van der Waals surface area contributed by atoms with Gasteiger partial charge in [0, 0.05) is 25.4 Å². The van der Waals surface area contributed by atoms with Gasteiger partial charge in [-0.2, -0.15) is 5.10 Å². The number of aromatic nitrogens is 4. The summed E-state index contributed by atoms with van der Waals surface area (Å²) in [5.41, 5.74) is -1.27. The highest BCUT2D eigenvalue weighted by atomic mass is 79.9. The SMILES string of the molecule is O=C(c1cc(=O)[nH]c(=O)[nH]1)N1CCC(n2cc(Br)cn2)C1. The maximum Gasteiger partial charge on any atom is 0.326 e. The summed E-state index contributed by atoms with van der Waals surface area (Å²) in [6, 6.07) is 1.19. The summed E-state index contributed by atoms with van der Waals surface area (Å²) < 4.78 is 2.68. The average molecular weight is 354 g/mol. The minimum Gasteiger partial charge on any atom is -0.335 e. The highest BCUT2D eigenvalue weighted by Crippen LogP contribution is 2.23. The van der Waals surface area contributed by atoms with Crippen molar-refractivity contribution in [3.05, 3.63) is 49.5 Å². The third-order valence-electron chi connectivity index (χ3n) is 3.39. The first kappa shape index (κ1) is 13.8. The summed E-state index contributed by atoms with van der Waals surface area (Å²) in [6.45, 7) is 1.04. The summed E-state index contributed by atoms with van der Waals surface area (Å²) in [7, 11) is 0. The zero-order valence-electron chi connectivity index (χ0n) is 10.9. The van der Waals surface area contributed by atoms with Crippen LogP contribution in [0.25, 0.3) is 0 Å². The molecule has 1 amide bonds. The van der Waals surface area contributed by atoms with Gasteiger partial charge in [0.05, 0.1) is 16.7 Å². The number of halogens is 1. The van der Waals surface area contributed by atoms with Crippen LogP contribution in [0.3, 0.4) is 0 Å². The van der Waals surface area contributed by atoms with Crippen molar-refractivity contribution in [2.24, 2.45) is 0 Å². The van der Waals surface area contributed by atoms with Crippen molar-refractivity contribution in [1.29, 1.82) is 0 Å². The number of hydrogen-bond donors (Lipinski definition) is 2. The molecule has 1 aliphatic rings. The largest absolute Gasteiger partial charge is 0.335 e. The van der Waals surface area contributed by atoms with E-state index in [9.17, 15) is 14.4 Å². The van der Waals surface area contributed by atoms with Gasteiger partial charge in [-0.3, -0.25) is 19.3 Å². The zero-order valence-corrected chi connectivity index (χ0v) is 12.5. The lowest BCUT2D eigenvalue weighted by molar-refractivity contribution is 0.0780. The highest BCUT2D eigenvalue weighted by molar-refractivity contribution is 9.10. The molecule has 9 heteroatoms. The van der Waals surface area contributed by atoms with Gasteiger partial charge in [-0.15, -0.1) is 0 Å². The first-order chi connectivity index (χ1) is 10.0. The van der Waals surface area contributed by atoms with E-state index in [0.717, 1.165) is 17.0 Å². The molecule has 2 aromatic rings. The number of aromatic amines is 2. The summed E-state index contributed by atoms with van der Waals surface area (Å²) in [5.74, 6) is -0.355. The lowest BCUT2D eigenvalue weighted by atomic mass is 10.3.